The largest absolute Gasteiger partial charge is 0.328 e. The van der Waals surface area contributed by atoms with Gasteiger partial charge in [0.05, 0.1) is 23.6 Å². The molecule has 3 aromatic rings. The second kappa shape index (κ2) is 6.68. The lowest BCUT2D eigenvalue weighted by molar-refractivity contribution is -0.125. The Morgan fingerprint density at radius 3 is 2.26 bits per heavy atom. The molecule has 2 saturated heterocycles. The van der Waals surface area contributed by atoms with Crippen molar-refractivity contribution in [3.8, 4) is 11.4 Å². The Bertz CT molecular complexity index is 1240. The van der Waals surface area contributed by atoms with Gasteiger partial charge in [-0.2, -0.15) is 9.36 Å². The van der Waals surface area contributed by atoms with Gasteiger partial charge in [-0.15, -0.1) is 0 Å². The molecule has 0 saturated carbocycles. The maximum absolute atomic E-state index is 13.4. The maximum Gasteiger partial charge on any atom is 0.240 e. The number of benzene rings is 2. The number of rotatable bonds is 3. The van der Waals surface area contributed by atoms with Crippen LogP contribution in [0.15, 0.2) is 72.8 Å². The van der Waals surface area contributed by atoms with Gasteiger partial charge in [0.15, 0.2) is 11.6 Å². The fourth-order valence-corrected chi connectivity index (χ4v) is 5.63. The van der Waals surface area contributed by atoms with E-state index in [1.54, 1.807) is 30.3 Å². The van der Waals surface area contributed by atoms with Gasteiger partial charge >= 0.3 is 0 Å². The van der Waals surface area contributed by atoms with Crippen LogP contribution in [0, 0.1) is 11.8 Å². The molecule has 2 bridgehead atoms. The highest BCUT2D eigenvalue weighted by Gasteiger charge is 2.65. The molecule has 2 fully saturated rings. The molecule has 2 amide bonds. The summed E-state index contributed by atoms with van der Waals surface area (Å²) in [5, 5.41) is 0.549. The van der Waals surface area contributed by atoms with Gasteiger partial charge in [0.25, 0.3) is 0 Å². The molecular weight excluding hydrogens is 412 g/mol. The van der Waals surface area contributed by atoms with Gasteiger partial charge < -0.3 is 4.90 Å². The molecule has 6 rings (SSSR count). The van der Waals surface area contributed by atoms with Crippen molar-refractivity contribution < 1.29 is 14.4 Å². The number of nitrogens with zero attached hydrogens (tertiary/aromatic N) is 4. The lowest BCUT2D eigenvalue weighted by Gasteiger charge is -2.32. The number of ketones is 1. The monoisotopic (exact) mass is 428 g/mol. The third-order valence-corrected chi connectivity index (χ3v) is 6.89. The first-order chi connectivity index (χ1) is 15.1. The third-order valence-electron chi connectivity index (χ3n) is 6.16. The quantitative estimate of drug-likeness (QED) is 0.597. The molecule has 3 aliphatic heterocycles. The number of carbonyl (C=O) groups is 3. The number of aromatic nitrogens is 2. The van der Waals surface area contributed by atoms with Gasteiger partial charge in [0.1, 0.15) is 6.04 Å². The second-order valence-electron chi connectivity index (χ2n) is 7.77. The molecule has 4 unspecified atom stereocenters. The number of carbonyl (C=O) groups excluding carboxylic acids is 3. The van der Waals surface area contributed by atoms with Crippen LogP contribution in [-0.4, -0.2) is 39.0 Å². The molecule has 31 heavy (non-hydrogen) atoms. The van der Waals surface area contributed by atoms with E-state index in [0.717, 1.165) is 5.56 Å². The molecule has 1 aromatic heterocycles. The predicted molar refractivity (Wildman–Crippen MR) is 115 cm³/mol. The van der Waals surface area contributed by atoms with Crippen molar-refractivity contribution in [3.63, 3.8) is 0 Å². The zero-order valence-electron chi connectivity index (χ0n) is 16.2. The molecule has 0 aliphatic carbocycles. The van der Waals surface area contributed by atoms with Crippen LogP contribution in [0.1, 0.15) is 0 Å². The molecule has 2 aromatic carbocycles. The lowest BCUT2D eigenvalue weighted by atomic mass is 9.90. The highest BCUT2D eigenvalue weighted by atomic mass is 32.1. The van der Waals surface area contributed by atoms with Gasteiger partial charge in [-0.1, -0.05) is 54.6 Å². The van der Waals surface area contributed by atoms with E-state index in [9.17, 15) is 14.4 Å². The van der Waals surface area contributed by atoms with E-state index >= 15 is 0 Å². The molecule has 8 heteroatoms. The van der Waals surface area contributed by atoms with E-state index in [-0.39, 0.29) is 17.6 Å². The Balaban J connectivity index is 1.40. The first-order valence-electron chi connectivity index (χ1n) is 9.97. The van der Waals surface area contributed by atoms with E-state index in [0.29, 0.717) is 16.6 Å². The zero-order valence-corrected chi connectivity index (χ0v) is 17.0. The molecular formula is C23H16N4O3S. The summed E-state index contributed by atoms with van der Waals surface area (Å²) in [5.74, 6) is -1.57. The topological polar surface area (TPSA) is 83.5 Å². The van der Waals surface area contributed by atoms with E-state index in [1.165, 1.54) is 22.5 Å². The Labute approximate surface area is 181 Å². The van der Waals surface area contributed by atoms with Crippen molar-refractivity contribution in [2.24, 2.45) is 11.8 Å². The lowest BCUT2D eigenvalue weighted by Crippen LogP contribution is -2.49. The minimum atomic E-state index is -0.748. The molecule has 0 N–H and O–H groups in total. The highest BCUT2D eigenvalue weighted by molar-refractivity contribution is 7.10. The van der Waals surface area contributed by atoms with Gasteiger partial charge in [-0.25, -0.2) is 4.90 Å². The van der Waals surface area contributed by atoms with Crippen molar-refractivity contribution >= 4 is 39.9 Å². The Morgan fingerprint density at radius 1 is 0.839 bits per heavy atom. The predicted octanol–water partition coefficient (Wildman–Crippen LogP) is 2.71. The normalized spacial score (nSPS) is 26.6. The molecule has 152 valence electrons. The Kier molecular flexibility index (Phi) is 3.91. The molecule has 0 radical (unpaired) electrons. The van der Waals surface area contributed by atoms with E-state index in [4.69, 9.17) is 0 Å². The van der Waals surface area contributed by atoms with Crippen LogP contribution in [0.5, 0.6) is 0 Å². The first-order valence-corrected chi connectivity index (χ1v) is 10.7. The first kappa shape index (κ1) is 18.1. The van der Waals surface area contributed by atoms with Crippen molar-refractivity contribution in [2.45, 2.75) is 12.1 Å². The number of fused-ring (bicyclic) bond motifs is 5. The summed E-state index contributed by atoms with van der Waals surface area (Å²) in [5.41, 5.74) is 1.41. The van der Waals surface area contributed by atoms with Gasteiger partial charge in [-0.05, 0) is 18.2 Å². The molecule has 0 spiro atoms. The summed E-state index contributed by atoms with van der Waals surface area (Å²) in [6.45, 7) is 0. The van der Waals surface area contributed by atoms with E-state index in [2.05, 4.69) is 9.36 Å². The standard InChI is InChI=1S/C23H16N4O3S/c28-16-12-11-15-17-18(22(30)26(21(17)29)14-9-5-2-6-10-14)19(16)27(15)23-24-20(25-31-23)13-7-3-1-4-8-13/h1-12,15,17-19H. The van der Waals surface area contributed by atoms with Crippen molar-refractivity contribution in [1.82, 2.24) is 9.36 Å². The van der Waals surface area contributed by atoms with Gasteiger partial charge in [0, 0.05) is 17.1 Å². The Hall–Kier alpha value is -3.65. The van der Waals surface area contributed by atoms with Gasteiger partial charge in [0.2, 0.25) is 16.9 Å². The number of anilines is 2. The van der Waals surface area contributed by atoms with Crippen molar-refractivity contribution in [2.75, 3.05) is 9.80 Å². The van der Waals surface area contributed by atoms with Crippen LogP contribution < -0.4 is 9.80 Å². The minimum absolute atomic E-state index is 0.184. The van der Waals surface area contributed by atoms with Crippen LogP contribution in [0.4, 0.5) is 10.8 Å². The van der Waals surface area contributed by atoms with Crippen LogP contribution in [0.2, 0.25) is 0 Å². The third kappa shape index (κ3) is 2.55. The molecule has 3 aliphatic rings. The number of para-hydroxylation sites is 1. The van der Waals surface area contributed by atoms with Crippen LogP contribution >= 0.6 is 11.5 Å². The van der Waals surface area contributed by atoms with Crippen LogP contribution in [0.3, 0.4) is 0 Å². The minimum Gasteiger partial charge on any atom is -0.328 e. The van der Waals surface area contributed by atoms with E-state index in [1.807, 2.05) is 41.3 Å². The summed E-state index contributed by atoms with van der Waals surface area (Å²) in [6.07, 6.45) is 3.23. The maximum atomic E-state index is 13.4. The number of amides is 2. The second-order valence-corrected chi connectivity index (χ2v) is 8.50. The summed E-state index contributed by atoms with van der Waals surface area (Å²) >= 11 is 1.18. The van der Waals surface area contributed by atoms with Gasteiger partial charge in [-0.3, -0.25) is 14.4 Å². The number of hydrogen-bond acceptors (Lipinski definition) is 7. The summed E-state index contributed by atoms with van der Waals surface area (Å²) in [4.78, 5) is 47.3. The summed E-state index contributed by atoms with van der Waals surface area (Å²) in [7, 11) is 0. The summed E-state index contributed by atoms with van der Waals surface area (Å²) < 4.78 is 4.45. The molecule has 4 atom stereocenters. The fourth-order valence-electron chi connectivity index (χ4n) is 4.86. The average Bonchev–Trinajstić information content (AvgIpc) is 3.44. The number of imide groups is 1. The highest BCUT2D eigenvalue weighted by Crippen LogP contribution is 2.48. The molecule has 7 nitrogen and oxygen atoms in total. The fraction of sp³-hybridized carbons (Fsp3) is 0.174. The van der Waals surface area contributed by atoms with Crippen molar-refractivity contribution in [1.29, 1.82) is 0 Å². The SMILES string of the molecule is O=C1C=CC2C3C(=O)N(c4ccccc4)C(=O)C3C1N2c1nc(-c2ccccc2)ns1. The molecule has 4 heterocycles. The van der Waals surface area contributed by atoms with Crippen LogP contribution in [0.25, 0.3) is 11.4 Å². The van der Waals surface area contributed by atoms with Crippen LogP contribution in [-0.2, 0) is 14.4 Å². The smallest absolute Gasteiger partial charge is 0.240 e. The zero-order chi connectivity index (χ0) is 21.1. The average molecular weight is 428 g/mol. The van der Waals surface area contributed by atoms with E-state index < -0.39 is 23.9 Å². The summed E-state index contributed by atoms with van der Waals surface area (Å²) in [6, 6.07) is 17.3. The van der Waals surface area contributed by atoms with Crippen molar-refractivity contribution in [3.05, 3.63) is 72.8 Å². The number of hydrogen-bond donors (Lipinski definition) is 0. The Morgan fingerprint density at radius 2 is 1.52 bits per heavy atom.